The van der Waals surface area contributed by atoms with Crippen molar-refractivity contribution in [2.24, 2.45) is 16.9 Å². The summed E-state index contributed by atoms with van der Waals surface area (Å²) in [5.41, 5.74) is 12.2. The van der Waals surface area contributed by atoms with Crippen molar-refractivity contribution in [2.75, 3.05) is 19.5 Å². The van der Waals surface area contributed by atoms with Crippen LogP contribution in [0.2, 0.25) is 0 Å². The lowest BCUT2D eigenvalue weighted by atomic mass is 9.79. The van der Waals surface area contributed by atoms with Crippen LogP contribution in [0.1, 0.15) is 78.7 Å². The highest BCUT2D eigenvalue weighted by atomic mass is 32.2. The maximum atomic E-state index is 14.3. The van der Waals surface area contributed by atoms with Crippen LogP contribution < -0.4 is 16.2 Å². The fraction of sp³-hybridized carbons (Fsp3) is 0.583. The van der Waals surface area contributed by atoms with Crippen molar-refractivity contribution in [3.05, 3.63) is 48.0 Å². The van der Waals surface area contributed by atoms with E-state index in [9.17, 15) is 31.1 Å². The second-order valence-corrected chi connectivity index (χ2v) is 14.9. The predicted molar refractivity (Wildman–Crippen MR) is 184 cm³/mol. The average Bonchev–Trinajstić information content (AvgIpc) is 3.42. The summed E-state index contributed by atoms with van der Waals surface area (Å²) in [5, 5.41) is 0.743. The lowest BCUT2D eigenvalue weighted by Crippen LogP contribution is -2.50. The number of nitrogens with two attached hydrogens (primary N) is 2. The van der Waals surface area contributed by atoms with Gasteiger partial charge in [0.05, 0.1) is 31.1 Å². The monoisotopic (exact) mass is 750 g/mol. The number of hydrogen-bond acceptors (Lipinski definition) is 9. The molecule has 1 unspecified atom stereocenters. The Labute approximate surface area is 298 Å². The number of rotatable bonds is 21. The number of carbonyl (C=O) groups is 1. The number of aryl methyl sites for hydroxylation is 1. The zero-order valence-electron chi connectivity index (χ0n) is 29.8. The molecular weight excluding hydrogens is 702 g/mol. The van der Waals surface area contributed by atoms with Gasteiger partial charge in [0.2, 0.25) is 0 Å². The number of furan rings is 1. The van der Waals surface area contributed by atoms with Gasteiger partial charge in [0.15, 0.2) is 0 Å². The van der Waals surface area contributed by atoms with E-state index in [0.717, 1.165) is 54.0 Å². The minimum atomic E-state index is -5.37. The summed E-state index contributed by atoms with van der Waals surface area (Å²) in [4.78, 5) is 12.9. The van der Waals surface area contributed by atoms with Crippen molar-refractivity contribution in [3.8, 4) is 17.1 Å². The van der Waals surface area contributed by atoms with Crippen molar-refractivity contribution in [1.82, 2.24) is 0 Å². The highest BCUT2D eigenvalue weighted by Crippen LogP contribution is 2.39. The third kappa shape index (κ3) is 13.2. The van der Waals surface area contributed by atoms with Gasteiger partial charge >= 0.3 is 24.5 Å². The Morgan fingerprint density at radius 3 is 2.22 bits per heavy atom. The molecule has 0 saturated carbocycles. The van der Waals surface area contributed by atoms with Crippen molar-refractivity contribution in [3.63, 3.8) is 0 Å². The van der Waals surface area contributed by atoms with Gasteiger partial charge in [-0.05, 0) is 88.9 Å². The number of alkyl halides is 6. The number of hydrogen-bond donors (Lipinski definition) is 2. The molecule has 1 heterocycles. The molecule has 3 aromatic rings. The molecule has 1 aromatic heterocycles. The van der Waals surface area contributed by atoms with E-state index >= 15 is 0 Å². The van der Waals surface area contributed by atoms with E-state index in [4.69, 9.17) is 25.4 Å². The SMILES string of the molecule is CCCCCc1ccc(-c2cc3ccc(SCCC(F)(F)OC(F)(F)OC(F)(F)CCOC(=O)C(C)(C)C(N)CC(C)(C)N)cc3o2)c(OC)c1. The lowest BCUT2D eigenvalue weighted by Gasteiger charge is -2.33. The van der Waals surface area contributed by atoms with Gasteiger partial charge in [-0.15, -0.1) is 20.5 Å². The van der Waals surface area contributed by atoms with Crippen molar-refractivity contribution >= 4 is 28.7 Å². The van der Waals surface area contributed by atoms with E-state index in [1.807, 2.05) is 24.3 Å². The maximum Gasteiger partial charge on any atom is 0.494 e. The van der Waals surface area contributed by atoms with E-state index in [0.29, 0.717) is 22.0 Å². The van der Waals surface area contributed by atoms with Gasteiger partial charge in [0, 0.05) is 34.0 Å². The van der Waals surface area contributed by atoms with Gasteiger partial charge in [-0.3, -0.25) is 4.79 Å². The smallest absolute Gasteiger partial charge is 0.494 e. The normalized spacial score (nSPS) is 13.8. The molecule has 286 valence electrons. The first-order valence-electron chi connectivity index (χ1n) is 16.7. The zero-order chi connectivity index (χ0) is 38.3. The molecule has 8 nitrogen and oxygen atoms in total. The number of ether oxygens (including phenoxy) is 4. The van der Waals surface area contributed by atoms with Crippen LogP contribution in [-0.4, -0.2) is 55.5 Å². The van der Waals surface area contributed by atoms with Crippen molar-refractivity contribution < 1.29 is 54.5 Å². The lowest BCUT2D eigenvalue weighted by molar-refractivity contribution is -0.514. The molecule has 0 aliphatic heterocycles. The Balaban J connectivity index is 1.53. The minimum absolute atomic E-state index is 0.190. The Bertz CT molecular complexity index is 1590. The van der Waals surface area contributed by atoms with Crippen LogP contribution in [0.5, 0.6) is 5.75 Å². The molecule has 0 aliphatic carbocycles. The van der Waals surface area contributed by atoms with Crippen LogP contribution in [0.25, 0.3) is 22.3 Å². The van der Waals surface area contributed by atoms with Gasteiger partial charge in [0.1, 0.15) is 17.1 Å². The summed E-state index contributed by atoms with van der Waals surface area (Å²) in [5.74, 6) is -0.201. The predicted octanol–water partition coefficient (Wildman–Crippen LogP) is 9.51. The maximum absolute atomic E-state index is 14.3. The molecule has 51 heavy (non-hydrogen) atoms. The molecule has 15 heteroatoms. The van der Waals surface area contributed by atoms with Gasteiger partial charge in [-0.1, -0.05) is 25.8 Å². The van der Waals surface area contributed by atoms with Crippen molar-refractivity contribution in [2.45, 2.75) is 115 Å². The summed E-state index contributed by atoms with van der Waals surface area (Å²) in [6, 6.07) is 11.9. The summed E-state index contributed by atoms with van der Waals surface area (Å²) >= 11 is 0.903. The number of carbonyl (C=O) groups excluding carboxylic acids is 1. The molecule has 1 atom stereocenters. The topological polar surface area (TPSA) is 119 Å². The van der Waals surface area contributed by atoms with Crippen LogP contribution >= 0.6 is 11.8 Å². The molecule has 0 radical (unpaired) electrons. The van der Waals surface area contributed by atoms with E-state index in [-0.39, 0.29) is 6.42 Å². The van der Waals surface area contributed by atoms with Crippen LogP contribution in [0.3, 0.4) is 0 Å². The molecule has 0 saturated heterocycles. The molecule has 3 rings (SSSR count). The van der Waals surface area contributed by atoms with Gasteiger partial charge in [-0.25, -0.2) is 9.47 Å². The fourth-order valence-corrected chi connectivity index (χ4v) is 6.02. The van der Waals surface area contributed by atoms with Crippen LogP contribution in [0, 0.1) is 5.41 Å². The number of unbranched alkanes of at least 4 members (excludes halogenated alkanes) is 2. The third-order valence-corrected chi connectivity index (χ3v) is 9.11. The van der Waals surface area contributed by atoms with E-state index in [2.05, 4.69) is 16.4 Å². The molecule has 2 aromatic carbocycles. The van der Waals surface area contributed by atoms with Gasteiger partial charge < -0.3 is 25.4 Å². The van der Waals surface area contributed by atoms with Crippen LogP contribution in [0.4, 0.5) is 26.3 Å². The molecule has 0 spiro atoms. The minimum Gasteiger partial charge on any atom is -0.496 e. The first-order valence-corrected chi connectivity index (χ1v) is 17.6. The largest absolute Gasteiger partial charge is 0.496 e. The average molecular weight is 751 g/mol. The van der Waals surface area contributed by atoms with Crippen molar-refractivity contribution in [1.29, 1.82) is 0 Å². The third-order valence-electron chi connectivity index (χ3n) is 8.12. The standard InChI is InChI=1S/C36H48F6N2O6S/c1-7-8-9-10-23-11-14-26(28(19-23)46-6)29-20-24-12-13-25(21-27(24)48-29)51-18-16-35(39,40)50-36(41,42)49-34(37,38)15-17-47-31(45)33(4,5)30(43)22-32(2,3)44/h11-14,19-21,30H,7-10,15-18,22,43-44H2,1-6H3. The summed E-state index contributed by atoms with van der Waals surface area (Å²) in [6.07, 6.45) is -13.0. The summed E-state index contributed by atoms with van der Waals surface area (Å²) in [6.45, 7) is 7.28. The summed E-state index contributed by atoms with van der Waals surface area (Å²) in [7, 11) is 1.57. The number of benzene rings is 2. The Hall–Kier alpha value is -2.98. The van der Waals surface area contributed by atoms with Crippen LogP contribution in [0.15, 0.2) is 51.8 Å². The van der Waals surface area contributed by atoms with Gasteiger partial charge in [0.25, 0.3) is 0 Å². The number of halogens is 6. The molecule has 0 amide bonds. The zero-order valence-corrected chi connectivity index (χ0v) is 30.6. The molecule has 4 N–H and O–H groups in total. The second kappa shape index (κ2) is 17.2. The molecule has 0 aliphatic rings. The molecule has 0 fully saturated rings. The number of esters is 1. The Morgan fingerprint density at radius 1 is 0.922 bits per heavy atom. The second-order valence-electron chi connectivity index (χ2n) is 13.7. The Kier molecular flexibility index (Phi) is 14.3. The molecule has 0 bridgehead atoms. The first-order chi connectivity index (χ1) is 23.6. The van der Waals surface area contributed by atoms with E-state index < -0.39 is 66.7 Å². The van der Waals surface area contributed by atoms with Crippen LogP contribution in [-0.2, 0) is 25.4 Å². The first kappa shape index (κ1) is 42.4. The van der Waals surface area contributed by atoms with Gasteiger partial charge in [-0.2, -0.15) is 17.6 Å². The molecular formula is C36H48F6N2O6S. The number of fused-ring (bicyclic) bond motifs is 1. The summed E-state index contributed by atoms with van der Waals surface area (Å²) < 4.78 is 108. The highest BCUT2D eigenvalue weighted by Gasteiger charge is 2.52. The van der Waals surface area contributed by atoms with E-state index in [1.54, 1.807) is 39.2 Å². The quantitative estimate of drug-likeness (QED) is 0.0361. The van der Waals surface area contributed by atoms with E-state index in [1.165, 1.54) is 13.8 Å². The highest BCUT2D eigenvalue weighted by molar-refractivity contribution is 7.99. The number of methoxy groups -OCH3 is 1. The fourth-order valence-electron chi connectivity index (χ4n) is 5.09. The Morgan fingerprint density at radius 2 is 1.59 bits per heavy atom. The number of thioether (sulfide) groups is 1.